The fourth-order valence-corrected chi connectivity index (χ4v) is 5.11. The molecule has 13 heteroatoms. The summed E-state index contributed by atoms with van der Waals surface area (Å²) in [6.45, 7) is 4.22. The van der Waals surface area contributed by atoms with Gasteiger partial charge in [0.15, 0.2) is 5.60 Å². The molecule has 0 spiro atoms. The molecule has 3 aromatic carbocycles. The maximum absolute atomic E-state index is 14.7. The van der Waals surface area contributed by atoms with E-state index in [1.54, 1.807) is 13.8 Å². The predicted octanol–water partition coefficient (Wildman–Crippen LogP) is 9.57. The smallest absolute Gasteiger partial charge is 0.422 e. The number of hydrogen-bond donors (Lipinski definition) is 1. The zero-order valence-electron chi connectivity index (χ0n) is 22.6. The topological polar surface area (TPSA) is 75.4 Å². The molecule has 0 aliphatic carbocycles. The molecule has 2 unspecified atom stereocenters. The van der Waals surface area contributed by atoms with Crippen LogP contribution in [0.3, 0.4) is 0 Å². The lowest BCUT2D eigenvalue weighted by molar-refractivity contribution is -0.274. The highest BCUT2D eigenvalue weighted by Gasteiger charge is 2.59. The molecule has 4 aromatic rings. The number of aromatic nitrogens is 1. The van der Waals surface area contributed by atoms with E-state index in [-0.39, 0.29) is 44.1 Å². The van der Waals surface area contributed by atoms with Gasteiger partial charge < -0.3 is 14.6 Å². The molecule has 5 nitrogen and oxygen atoms in total. The van der Waals surface area contributed by atoms with E-state index in [4.69, 9.17) is 37.9 Å². The van der Waals surface area contributed by atoms with Crippen molar-refractivity contribution in [2.24, 2.45) is 0 Å². The number of fused-ring (bicyclic) bond motifs is 1. The molecule has 0 saturated carbocycles. The average Bonchev–Trinajstić information content (AvgIpc) is 2.90. The van der Waals surface area contributed by atoms with E-state index >= 15 is 0 Å². The van der Waals surface area contributed by atoms with E-state index in [1.807, 2.05) is 6.07 Å². The number of nitrogens with zero attached hydrogens (tertiary/aromatic N) is 2. The van der Waals surface area contributed by atoms with Crippen molar-refractivity contribution in [2.45, 2.75) is 50.7 Å². The average molecular weight is 643 g/mol. The largest absolute Gasteiger partial charge is 0.475 e. The molecule has 226 valence electrons. The van der Waals surface area contributed by atoms with Gasteiger partial charge in [0.1, 0.15) is 17.6 Å². The Morgan fingerprint density at radius 1 is 0.860 bits per heavy atom. The van der Waals surface area contributed by atoms with Crippen molar-refractivity contribution in [1.29, 1.82) is 5.26 Å². The summed E-state index contributed by atoms with van der Waals surface area (Å²) < 4.78 is 96.9. The highest BCUT2D eigenvalue weighted by Crippen LogP contribution is 2.51. The highest BCUT2D eigenvalue weighted by atomic mass is 35.5. The maximum Gasteiger partial charge on any atom is 0.422 e. The SMILES string of the molecule is CC(C)Oc1cc(C(F)(F)F)c2cc(C(O)(C(C)c3ccc(Oc4ccc(C#N)c(Cl)c4)cc3Cl)C(F)(F)F)ccc2n1. The minimum atomic E-state index is -5.34. The third kappa shape index (κ3) is 6.47. The van der Waals surface area contributed by atoms with Crippen LogP contribution in [-0.2, 0) is 11.8 Å². The first-order valence-electron chi connectivity index (χ1n) is 12.6. The van der Waals surface area contributed by atoms with Crippen molar-refractivity contribution in [3.63, 3.8) is 0 Å². The summed E-state index contributed by atoms with van der Waals surface area (Å²) in [7, 11) is 0. The predicted molar refractivity (Wildman–Crippen MR) is 149 cm³/mol. The minimum Gasteiger partial charge on any atom is -0.475 e. The zero-order chi connectivity index (χ0) is 31.9. The molecule has 0 bridgehead atoms. The molecule has 0 radical (unpaired) electrons. The van der Waals surface area contributed by atoms with Gasteiger partial charge >= 0.3 is 12.4 Å². The molecule has 2 atom stereocenters. The number of pyridine rings is 1. The maximum atomic E-state index is 14.7. The minimum absolute atomic E-state index is 0.114. The summed E-state index contributed by atoms with van der Waals surface area (Å²) in [4.78, 5) is 4.01. The number of benzene rings is 3. The van der Waals surface area contributed by atoms with Gasteiger partial charge in [-0.2, -0.15) is 31.6 Å². The number of nitriles is 1. The molecule has 0 aliphatic rings. The molecule has 1 heterocycles. The van der Waals surface area contributed by atoms with Crippen LogP contribution < -0.4 is 9.47 Å². The normalized spacial score (nSPS) is 14.3. The monoisotopic (exact) mass is 642 g/mol. The van der Waals surface area contributed by atoms with Crippen molar-refractivity contribution in [2.75, 3.05) is 0 Å². The van der Waals surface area contributed by atoms with Gasteiger partial charge in [0.2, 0.25) is 5.88 Å². The van der Waals surface area contributed by atoms with Gasteiger partial charge in [-0.3, -0.25) is 0 Å². The van der Waals surface area contributed by atoms with Gasteiger partial charge in [-0.05, 0) is 61.4 Å². The van der Waals surface area contributed by atoms with Crippen molar-refractivity contribution in [3.8, 4) is 23.4 Å². The number of ether oxygens (including phenoxy) is 2. The molecule has 1 aromatic heterocycles. The lowest BCUT2D eigenvalue weighted by atomic mass is 9.77. The Kier molecular flexibility index (Phi) is 8.80. The van der Waals surface area contributed by atoms with E-state index in [9.17, 15) is 31.4 Å². The second-order valence-electron chi connectivity index (χ2n) is 9.93. The van der Waals surface area contributed by atoms with Crippen LogP contribution in [-0.4, -0.2) is 22.4 Å². The van der Waals surface area contributed by atoms with Crippen molar-refractivity contribution < 1.29 is 40.9 Å². The van der Waals surface area contributed by atoms with Crippen molar-refractivity contribution in [3.05, 3.63) is 93.0 Å². The Morgan fingerprint density at radius 2 is 1.49 bits per heavy atom. The molecule has 0 amide bonds. The van der Waals surface area contributed by atoms with Crippen molar-refractivity contribution in [1.82, 2.24) is 4.98 Å². The van der Waals surface area contributed by atoms with Gasteiger partial charge in [-0.1, -0.05) is 42.3 Å². The Labute approximate surface area is 252 Å². The van der Waals surface area contributed by atoms with Gasteiger partial charge in [0, 0.05) is 28.5 Å². The van der Waals surface area contributed by atoms with Crippen molar-refractivity contribution >= 4 is 34.1 Å². The second-order valence-corrected chi connectivity index (χ2v) is 10.7. The Bertz CT molecular complexity index is 1720. The molecule has 43 heavy (non-hydrogen) atoms. The lowest BCUT2D eigenvalue weighted by Gasteiger charge is -2.37. The number of aliphatic hydroxyl groups is 1. The van der Waals surface area contributed by atoms with Crippen LogP contribution in [0.2, 0.25) is 10.0 Å². The number of alkyl halides is 6. The zero-order valence-corrected chi connectivity index (χ0v) is 24.1. The summed E-state index contributed by atoms with van der Waals surface area (Å²) in [5, 5.41) is 19.6. The third-order valence-electron chi connectivity index (χ3n) is 6.68. The molecular weight excluding hydrogens is 621 g/mol. The Morgan fingerprint density at radius 3 is 2.02 bits per heavy atom. The number of rotatable bonds is 7. The summed E-state index contributed by atoms with van der Waals surface area (Å²) >= 11 is 12.4. The summed E-state index contributed by atoms with van der Waals surface area (Å²) in [5.74, 6) is -1.80. The third-order valence-corrected chi connectivity index (χ3v) is 7.32. The quantitative estimate of drug-likeness (QED) is 0.203. The molecule has 0 saturated heterocycles. The van der Waals surface area contributed by atoms with Gasteiger partial charge in [0.25, 0.3) is 0 Å². The van der Waals surface area contributed by atoms with Gasteiger partial charge in [-0.15, -0.1) is 0 Å². The Balaban J connectivity index is 1.78. The fraction of sp³-hybridized carbons (Fsp3) is 0.267. The molecule has 1 N–H and O–H groups in total. The van der Waals surface area contributed by atoms with Crippen LogP contribution in [0.25, 0.3) is 10.9 Å². The molecule has 0 aliphatic heterocycles. The van der Waals surface area contributed by atoms with Crippen LogP contribution in [0, 0.1) is 11.3 Å². The fourth-order valence-electron chi connectivity index (χ4n) is 4.57. The summed E-state index contributed by atoms with van der Waals surface area (Å²) in [5.41, 5.74) is -5.98. The number of hydrogen-bond acceptors (Lipinski definition) is 5. The second kappa shape index (κ2) is 11.8. The Hall–Kier alpha value is -3.72. The lowest BCUT2D eigenvalue weighted by Crippen LogP contribution is -2.46. The highest BCUT2D eigenvalue weighted by molar-refractivity contribution is 6.32. The van der Waals surface area contributed by atoms with Crippen LogP contribution in [0.4, 0.5) is 26.3 Å². The number of halogens is 8. The van der Waals surface area contributed by atoms with Crippen LogP contribution in [0.5, 0.6) is 17.4 Å². The van der Waals surface area contributed by atoms with Gasteiger partial charge in [0.05, 0.1) is 27.8 Å². The first-order chi connectivity index (χ1) is 19.9. The first kappa shape index (κ1) is 32.2. The summed E-state index contributed by atoms with van der Waals surface area (Å²) in [6, 6.07) is 13.0. The standard InChI is InChI=1S/C30H22Cl2F6N2O3/c1-15(2)42-27-13-23(29(33,34)35)22-10-18(5-9-26(22)40-27)28(41,30(36,37)38)16(3)21-8-7-20(12-25(21)32)43-19-6-4-17(14-39)24(31)11-19/h4-13,15-16,41H,1-3H3. The molecule has 0 fully saturated rings. The van der Waals surface area contributed by atoms with E-state index < -0.39 is 46.5 Å². The van der Waals surface area contributed by atoms with Gasteiger partial charge in [-0.25, -0.2) is 4.98 Å². The van der Waals surface area contributed by atoms with Crippen LogP contribution >= 0.6 is 23.2 Å². The van der Waals surface area contributed by atoms with Crippen LogP contribution in [0.15, 0.2) is 60.7 Å². The van der Waals surface area contributed by atoms with Crippen LogP contribution in [0.1, 0.15) is 48.9 Å². The summed E-state index contributed by atoms with van der Waals surface area (Å²) in [6.07, 6.45) is -10.8. The van der Waals surface area contributed by atoms with E-state index in [1.165, 1.54) is 36.4 Å². The van der Waals surface area contributed by atoms with E-state index in [0.717, 1.165) is 19.1 Å². The van der Waals surface area contributed by atoms with E-state index in [0.29, 0.717) is 12.1 Å². The van der Waals surface area contributed by atoms with E-state index in [2.05, 4.69) is 4.98 Å². The first-order valence-corrected chi connectivity index (χ1v) is 13.4. The molecular formula is C30H22Cl2F6N2O3. The molecule has 4 rings (SSSR count).